The molecule has 1 saturated heterocycles. The number of carbonyl (C=O) groups excluding carboxylic acids is 3. The molecular weight excluding hydrogens is 474 g/mol. The number of nitrogens with one attached hydrogen (secondary N) is 2. The summed E-state index contributed by atoms with van der Waals surface area (Å²) in [6.07, 6.45) is 2.94. The van der Waals surface area contributed by atoms with Crippen LogP contribution in [0.15, 0.2) is 54.9 Å². The van der Waals surface area contributed by atoms with Gasteiger partial charge in [0, 0.05) is 37.3 Å². The largest absolute Gasteiger partial charge is 0.366 e. The van der Waals surface area contributed by atoms with Crippen molar-refractivity contribution in [3.05, 3.63) is 77.1 Å². The fourth-order valence-corrected chi connectivity index (χ4v) is 4.10. The van der Waals surface area contributed by atoms with Gasteiger partial charge in [0.05, 0.1) is 29.0 Å². The number of imidazole rings is 1. The van der Waals surface area contributed by atoms with Crippen molar-refractivity contribution in [2.45, 2.75) is 0 Å². The van der Waals surface area contributed by atoms with Crippen LogP contribution >= 0.6 is 0 Å². The number of carbonyl (C=O) groups is 3. The molecule has 1 aliphatic heterocycles. The highest BCUT2D eigenvalue weighted by molar-refractivity contribution is 6.07. The quantitative estimate of drug-likeness (QED) is 0.374. The standard InChI is InChI=1S/C25H21N9O3/c26-12-15-13-28-25(29-14-15)34-9-7-33(8-10-34)23(37)17-4-1-3-16(11-17)22(36)32-24-30-19-6-2-5-18(21(27)35)20(19)31-24/h1-6,11,13-14H,7-10H2,(H2,27,35)(H2,30,31,32,36). The molecule has 0 saturated carbocycles. The Balaban J connectivity index is 1.25. The molecule has 4 N–H and O–H groups in total. The van der Waals surface area contributed by atoms with Gasteiger partial charge in [-0.1, -0.05) is 12.1 Å². The first-order valence-corrected chi connectivity index (χ1v) is 11.4. The van der Waals surface area contributed by atoms with Crippen LogP contribution in [0.25, 0.3) is 11.0 Å². The molecule has 0 unspecified atom stereocenters. The van der Waals surface area contributed by atoms with Crippen LogP contribution < -0.4 is 16.0 Å². The third kappa shape index (κ3) is 4.78. The first kappa shape index (κ1) is 23.4. The number of hydrogen-bond acceptors (Lipinski definition) is 8. The second-order valence-electron chi connectivity index (χ2n) is 8.35. The fourth-order valence-electron chi connectivity index (χ4n) is 4.10. The second-order valence-corrected chi connectivity index (χ2v) is 8.35. The van der Waals surface area contributed by atoms with Crippen LogP contribution in [0.2, 0.25) is 0 Å². The Morgan fingerprint density at radius 2 is 1.70 bits per heavy atom. The highest BCUT2D eigenvalue weighted by Gasteiger charge is 2.24. The van der Waals surface area contributed by atoms with E-state index in [4.69, 9.17) is 11.0 Å². The minimum absolute atomic E-state index is 0.159. The number of amides is 3. The van der Waals surface area contributed by atoms with E-state index in [1.165, 1.54) is 18.5 Å². The molecule has 3 amide bonds. The van der Waals surface area contributed by atoms with E-state index in [1.54, 1.807) is 41.3 Å². The van der Waals surface area contributed by atoms with Gasteiger partial charge >= 0.3 is 0 Å². The van der Waals surface area contributed by atoms with Gasteiger partial charge in [-0.3, -0.25) is 19.7 Å². The first-order valence-electron chi connectivity index (χ1n) is 11.4. The molecule has 12 heteroatoms. The summed E-state index contributed by atoms with van der Waals surface area (Å²) in [4.78, 5) is 56.9. The summed E-state index contributed by atoms with van der Waals surface area (Å²) in [7, 11) is 0. The van der Waals surface area contributed by atoms with Crippen molar-refractivity contribution in [2.24, 2.45) is 5.73 Å². The number of aromatic nitrogens is 4. The van der Waals surface area contributed by atoms with Crippen molar-refractivity contribution >= 4 is 40.7 Å². The zero-order valence-electron chi connectivity index (χ0n) is 19.5. The van der Waals surface area contributed by atoms with Crippen molar-refractivity contribution in [3.63, 3.8) is 0 Å². The van der Waals surface area contributed by atoms with E-state index in [2.05, 4.69) is 25.3 Å². The number of rotatable bonds is 5. The molecule has 0 aliphatic carbocycles. The van der Waals surface area contributed by atoms with Crippen LogP contribution in [-0.2, 0) is 0 Å². The van der Waals surface area contributed by atoms with Gasteiger partial charge < -0.3 is 20.5 Å². The molecule has 3 heterocycles. The number of nitrogens with zero attached hydrogens (tertiary/aromatic N) is 6. The average molecular weight is 496 g/mol. The summed E-state index contributed by atoms with van der Waals surface area (Å²) < 4.78 is 0. The van der Waals surface area contributed by atoms with Gasteiger partial charge in [-0.15, -0.1) is 0 Å². The number of piperazine rings is 1. The summed E-state index contributed by atoms with van der Waals surface area (Å²) >= 11 is 0. The van der Waals surface area contributed by atoms with Crippen molar-refractivity contribution in [2.75, 3.05) is 36.4 Å². The van der Waals surface area contributed by atoms with E-state index in [-0.39, 0.29) is 23.0 Å². The lowest BCUT2D eigenvalue weighted by Gasteiger charge is -2.34. The highest BCUT2D eigenvalue weighted by atomic mass is 16.2. The smallest absolute Gasteiger partial charge is 0.257 e. The summed E-state index contributed by atoms with van der Waals surface area (Å²) in [5.41, 5.74) is 7.62. The van der Waals surface area contributed by atoms with Gasteiger partial charge in [-0.05, 0) is 30.3 Å². The predicted molar refractivity (Wildman–Crippen MR) is 134 cm³/mol. The Kier molecular flexibility index (Phi) is 6.17. The topological polar surface area (TPSA) is 174 Å². The molecule has 1 fully saturated rings. The van der Waals surface area contributed by atoms with E-state index in [1.807, 2.05) is 11.0 Å². The van der Waals surface area contributed by atoms with E-state index < -0.39 is 11.8 Å². The van der Waals surface area contributed by atoms with E-state index in [0.717, 1.165) is 0 Å². The Bertz CT molecular complexity index is 1550. The molecule has 2 aromatic heterocycles. The molecule has 5 rings (SSSR count). The van der Waals surface area contributed by atoms with Crippen LogP contribution in [0.5, 0.6) is 0 Å². The molecule has 1 aliphatic rings. The molecule has 0 bridgehead atoms. The van der Waals surface area contributed by atoms with Gasteiger partial charge in [-0.25, -0.2) is 15.0 Å². The van der Waals surface area contributed by atoms with Crippen LogP contribution in [0.4, 0.5) is 11.9 Å². The summed E-state index contributed by atoms with van der Waals surface area (Å²) in [6, 6.07) is 13.4. The van der Waals surface area contributed by atoms with E-state index >= 15 is 0 Å². The molecule has 12 nitrogen and oxygen atoms in total. The van der Waals surface area contributed by atoms with Crippen LogP contribution in [0.1, 0.15) is 36.6 Å². The highest BCUT2D eigenvalue weighted by Crippen LogP contribution is 2.19. The van der Waals surface area contributed by atoms with Crippen LogP contribution in [0, 0.1) is 11.3 Å². The minimum atomic E-state index is -0.619. The minimum Gasteiger partial charge on any atom is -0.366 e. The maximum atomic E-state index is 13.1. The maximum absolute atomic E-state index is 13.1. The normalized spacial score (nSPS) is 13.3. The second kappa shape index (κ2) is 9.74. The lowest BCUT2D eigenvalue weighted by Crippen LogP contribution is -2.49. The molecule has 4 aromatic rings. The molecule has 0 atom stereocenters. The zero-order valence-corrected chi connectivity index (χ0v) is 19.5. The number of nitrogens with two attached hydrogens (primary N) is 1. The third-order valence-electron chi connectivity index (χ3n) is 6.00. The predicted octanol–water partition coefficient (Wildman–Crippen LogP) is 1.54. The number of primary amides is 1. The van der Waals surface area contributed by atoms with Crippen LogP contribution in [-0.4, -0.2) is 68.7 Å². The van der Waals surface area contributed by atoms with Crippen molar-refractivity contribution in [3.8, 4) is 6.07 Å². The van der Waals surface area contributed by atoms with Crippen LogP contribution in [0.3, 0.4) is 0 Å². The first-order chi connectivity index (χ1) is 17.9. The maximum Gasteiger partial charge on any atom is 0.257 e. The molecular formula is C25H21N9O3. The Hall–Kier alpha value is -5.31. The van der Waals surface area contributed by atoms with Gasteiger partial charge in [-0.2, -0.15) is 5.26 Å². The monoisotopic (exact) mass is 495 g/mol. The number of H-pyrrole nitrogens is 1. The lowest BCUT2D eigenvalue weighted by atomic mass is 10.1. The number of aromatic amines is 1. The third-order valence-corrected chi connectivity index (χ3v) is 6.00. The molecule has 184 valence electrons. The molecule has 2 aromatic carbocycles. The molecule has 37 heavy (non-hydrogen) atoms. The lowest BCUT2D eigenvalue weighted by molar-refractivity contribution is 0.0746. The number of benzene rings is 2. The van der Waals surface area contributed by atoms with E-state index in [0.29, 0.717) is 54.3 Å². The summed E-state index contributed by atoms with van der Waals surface area (Å²) in [5.74, 6) is -0.599. The summed E-state index contributed by atoms with van der Waals surface area (Å²) in [6.45, 7) is 1.99. The van der Waals surface area contributed by atoms with Gasteiger partial charge in [0.15, 0.2) is 0 Å². The molecule has 0 radical (unpaired) electrons. The Morgan fingerprint density at radius 3 is 2.41 bits per heavy atom. The van der Waals surface area contributed by atoms with E-state index in [9.17, 15) is 14.4 Å². The number of anilines is 2. The number of hydrogen-bond donors (Lipinski definition) is 3. The van der Waals surface area contributed by atoms with Crippen molar-refractivity contribution < 1.29 is 14.4 Å². The Labute approximate surface area is 210 Å². The number of fused-ring (bicyclic) bond motifs is 1. The number of para-hydroxylation sites is 1. The zero-order chi connectivity index (χ0) is 25.9. The van der Waals surface area contributed by atoms with Gasteiger partial charge in [0.1, 0.15) is 11.6 Å². The van der Waals surface area contributed by atoms with Gasteiger partial charge in [0.2, 0.25) is 11.9 Å². The van der Waals surface area contributed by atoms with Gasteiger partial charge in [0.25, 0.3) is 17.7 Å². The van der Waals surface area contributed by atoms with Crippen molar-refractivity contribution in [1.29, 1.82) is 5.26 Å². The van der Waals surface area contributed by atoms with Crippen molar-refractivity contribution in [1.82, 2.24) is 24.8 Å². The fraction of sp³-hybridized carbons (Fsp3) is 0.160. The summed E-state index contributed by atoms with van der Waals surface area (Å²) in [5, 5.41) is 11.6. The Morgan fingerprint density at radius 1 is 1.00 bits per heavy atom. The average Bonchev–Trinajstić information content (AvgIpc) is 3.35. The SMILES string of the molecule is N#Cc1cnc(N2CCN(C(=O)c3cccc(C(=O)Nc4nc5c(C(N)=O)cccc5[nH]4)c3)CC2)nc1. The molecule has 0 spiro atoms. The number of nitriles is 1.